The average Bonchev–Trinajstić information content (AvgIpc) is 2.96. The molecular weight excluding hydrogens is 521 g/mol. The van der Waals surface area contributed by atoms with E-state index in [1.54, 1.807) is 47.4 Å². The Hall–Kier alpha value is -4.14. The van der Waals surface area contributed by atoms with Crippen LogP contribution in [0.4, 0.5) is 13.2 Å². The number of fused-ring (bicyclic) bond motifs is 1. The first-order valence-electron chi connectivity index (χ1n) is 13.3. The van der Waals surface area contributed by atoms with Crippen molar-refractivity contribution in [3.63, 3.8) is 0 Å². The van der Waals surface area contributed by atoms with Crippen LogP contribution in [0, 0.1) is 5.92 Å². The number of nitrogens with two attached hydrogens (primary N) is 1. The van der Waals surface area contributed by atoms with Crippen LogP contribution in [0.2, 0.25) is 0 Å². The summed E-state index contributed by atoms with van der Waals surface area (Å²) in [5, 5.41) is 0. The Morgan fingerprint density at radius 2 is 1.60 bits per heavy atom. The maximum absolute atomic E-state index is 13.3. The van der Waals surface area contributed by atoms with Crippen LogP contribution in [-0.2, 0) is 22.2 Å². The Labute approximate surface area is 229 Å². The lowest BCUT2D eigenvalue weighted by Crippen LogP contribution is -2.48. The normalized spacial score (nSPS) is 17.7. The van der Waals surface area contributed by atoms with Crippen molar-refractivity contribution in [1.82, 2.24) is 4.90 Å². The second-order valence-corrected chi connectivity index (χ2v) is 10.3. The van der Waals surface area contributed by atoms with Crippen LogP contribution in [0.3, 0.4) is 0 Å². The summed E-state index contributed by atoms with van der Waals surface area (Å²) in [6, 6.07) is 15.1. The van der Waals surface area contributed by atoms with E-state index in [0.29, 0.717) is 29.7 Å². The number of nitrogens with zero attached hydrogens (tertiary/aromatic N) is 1. The van der Waals surface area contributed by atoms with E-state index in [4.69, 9.17) is 10.5 Å². The summed E-state index contributed by atoms with van der Waals surface area (Å²) in [4.78, 5) is 40.5. The van der Waals surface area contributed by atoms with Crippen molar-refractivity contribution in [2.24, 2.45) is 11.7 Å². The summed E-state index contributed by atoms with van der Waals surface area (Å²) in [6.07, 6.45) is 0.759. The lowest BCUT2D eigenvalue weighted by molar-refractivity contribution is -0.144. The molecule has 0 bridgehead atoms. The molecule has 0 spiro atoms. The average molecular weight is 551 g/mol. The fourth-order valence-electron chi connectivity index (χ4n) is 5.71. The van der Waals surface area contributed by atoms with E-state index in [-0.39, 0.29) is 23.1 Å². The van der Waals surface area contributed by atoms with Crippen LogP contribution in [0.5, 0.6) is 5.75 Å². The SMILES string of the molecule is NC(=O)C1c2ccc(OC(=O)c3ccccc3-c3ccc(C(F)(F)F)cc3)cc2CCN1C(=O)C1CCCCC1. The van der Waals surface area contributed by atoms with E-state index in [9.17, 15) is 27.6 Å². The van der Waals surface area contributed by atoms with Crippen LogP contribution < -0.4 is 10.5 Å². The molecule has 1 aliphatic heterocycles. The van der Waals surface area contributed by atoms with Gasteiger partial charge in [-0.3, -0.25) is 9.59 Å². The fraction of sp³-hybridized carbons (Fsp3) is 0.323. The topological polar surface area (TPSA) is 89.7 Å². The van der Waals surface area contributed by atoms with E-state index in [2.05, 4.69) is 0 Å². The molecule has 2 N–H and O–H groups in total. The number of carbonyl (C=O) groups is 3. The third-order valence-corrected chi connectivity index (χ3v) is 7.73. The fourth-order valence-corrected chi connectivity index (χ4v) is 5.71. The standard InChI is InChI=1S/C31H29F3N2O4/c32-31(33,34)22-12-10-19(11-13-22)24-8-4-5-9-26(24)30(39)40-23-14-15-25-21(18-23)16-17-36(27(25)28(35)37)29(38)20-6-2-1-3-7-20/h4-5,8-15,18,20,27H,1-3,6-7,16-17H2,(H2,35,37). The van der Waals surface area contributed by atoms with Gasteiger partial charge in [0.15, 0.2) is 0 Å². The minimum Gasteiger partial charge on any atom is -0.423 e. The maximum Gasteiger partial charge on any atom is 0.416 e. The lowest BCUT2D eigenvalue weighted by atomic mass is 9.85. The van der Waals surface area contributed by atoms with Crippen molar-refractivity contribution in [2.45, 2.75) is 50.7 Å². The van der Waals surface area contributed by atoms with Gasteiger partial charge in [-0.25, -0.2) is 4.79 Å². The van der Waals surface area contributed by atoms with Gasteiger partial charge in [0.2, 0.25) is 11.8 Å². The van der Waals surface area contributed by atoms with E-state index in [1.165, 1.54) is 12.1 Å². The Bertz CT molecular complexity index is 1430. The zero-order chi connectivity index (χ0) is 28.4. The maximum atomic E-state index is 13.3. The van der Waals surface area contributed by atoms with Gasteiger partial charge in [0.05, 0.1) is 11.1 Å². The molecule has 3 aromatic carbocycles. The third kappa shape index (κ3) is 5.59. The molecule has 1 atom stereocenters. The molecule has 1 heterocycles. The molecule has 3 aromatic rings. The van der Waals surface area contributed by atoms with Gasteiger partial charge in [-0.15, -0.1) is 0 Å². The predicted molar refractivity (Wildman–Crippen MR) is 142 cm³/mol. The number of benzene rings is 3. The highest BCUT2D eigenvalue weighted by Crippen LogP contribution is 2.36. The Morgan fingerprint density at radius 3 is 2.27 bits per heavy atom. The molecule has 2 aliphatic rings. The molecule has 2 amide bonds. The Balaban J connectivity index is 1.36. The van der Waals surface area contributed by atoms with Crippen molar-refractivity contribution in [3.8, 4) is 16.9 Å². The van der Waals surface area contributed by atoms with E-state index >= 15 is 0 Å². The number of hydrogen-bond acceptors (Lipinski definition) is 4. The van der Waals surface area contributed by atoms with Gasteiger partial charge in [0.25, 0.3) is 0 Å². The highest BCUT2D eigenvalue weighted by atomic mass is 19.4. The van der Waals surface area contributed by atoms with Crippen molar-refractivity contribution >= 4 is 17.8 Å². The molecule has 208 valence electrons. The number of ether oxygens (including phenoxy) is 1. The summed E-state index contributed by atoms with van der Waals surface area (Å²) in [5.41, 5.74) is 7.43. The zero-order valence-electron chi connectivity index (χ0n) is 21.7. The number of amides is 2. The van der Waals surface area contributed by atoms with Crippen LogP contribution in [-0.4, -0.2) is 29.2 Å². The molecule has 0 aromatic heterocycles. The highest BCUT2D eigenvalue weighted by Gasteiger charge is 2.38. The van der Waals surface area contributed by atoms with Crippen LogP contribution in [0.1, 0.15) is 65.2 Å². The quantitative estimate of drug-likeness (QED) is 0.308. The van der Waals surface area contributed by atoms with E-state index in [0.717, 1.165) is 49.8 Å². The van der Waals surface area contributed by atoms with Gasteiger partial charge in [-0.05, 0) is 71.8 Å². The molecule has 5 rings (SSSR count). The number of primary amides is 1. The monoisotopic (exact) mass is 550 g/mol. The largest absolute Gasteiger partial charge is 0.423 e. The first kappa shape index (κ1) is 27.4. The summed E-state index contributed by atoms with van der Waals surface area (Å²) in [7, 11) is 0. The highest BCUT2D eigenvalue weighted by molar-refractivity contribution is 5.98. The third-order valence-electron chi connectivity index (χ3n) is 7.73. The smallest absolute Gasteiger partial charge is 0.416 e. The number of alkyl halides is 3. The van der Waals surface area contributed by atoms with Gasteiger partial charge in [0.1, 0.15) is 11.8 Å². The second-order valence-electron chi connectivity index (χ2n) is 10.3. The van der Waals surface area contributed by atoms with E-state index in [1.807, 2.05) is 0 Å². The van der Waals surface area contributed by atoms with Gasteiger partial charge >= 0.3 is 12.1 Å². The van der Waals surface area contributed by atoms with Gasteiger partial charge in [-0.2, -0.15) is 13.2 Å². The van der Waals surface area contributed by atoms with Crippen molar-refractivity contribution in [2.75, 3.05) is 6.54 Å². The minimum atomic E-state index is -4.46. The van der Waals surface area contributed by atoms with Crippen LogP contribution >= 0.6 is 0 Å². The molecule has 1 aliphatic carbocycles. The van der Waals surface area contributed by atoms with Crippen molar-refractivity contribution < 1.29 is 32.3 Å². The van der Waals surface area contributed by atoms with Gasteiger partial charge in [0, 0.05) is 12.5 Å². The summed E-state index contributed by atoms with van der Waals surface area (Å²) < 4.78 is 44.6. The molecule has 0 saturated heterocycles. The predicted octanol–water partition coefficient (Wildman–Crippen LogP) is 6.08. The number of carbonyl (C=O) groups excluding carboxylic acids is 3. The number of halogens is 3. The zero-order valence-corrected chi connectivity index (χ0v) is 21.7. The summed E-state index contributed by atoms with van der Waals surface area (Å²) in [5.74, 6) is -1.17. The van der Waals surface area contributed by atoms with Crippen LogP contribution in [0.25, 0.3) is 11.1 Å². The van der Waals surface area contributed by atoms with Crippen molar-refractivity contribution in [1.29, 1.82) is 0 Å². The molecular formula is C31H29F3N2O4. The molecule has 40 heavy (non-hydrogen) atoms. The molecule has 1 saturated carbocycles. The molecule has 9 heteroatoms. The van der Waals surface area contributed by atoms with Gasteiger partial charge in [-0.1, -0.05) is 55.7 Å². The molecule has 6 nitrogen and oxygen atoms in total. The first-order chi connectivity index (χ1) is 19.1. The van der Waals surface area contributed by atoms with Crippen molar-refractivity contribution in [3.05, 3.63) is 89.0 Å². The molecule has 1 unspecified atom stereocenters. The summed E-state index contributed by atoms with van der Waals surface area (Å²) >= 11 is 0. The van der Waals surface area contributed by atoms with Crippen LogP contribution in [0.15, 0.2) is 66.7 Å². The Morgan fingerprint density at radius 1 is 0.900 bits per heavy atom. The number of hydrogen-bond donors (Lipinski definition) is 1. The van der Waals surface area contributed by atoms with E-state index < -0.39 is 29.7 Å². The van der Waals surface area contributed by atoms with Gasteiger partial charge < -0.3 is 15.4 Å². The Kier molecular flexibility index (Phi) is 7.65. The lowest BCUT2D eigenvalue weighted by Gasteiger charge is -2.38. The first-order valence-corrected chi connectivity index (χ1v) is 13.3. The number of rotatable bonds is 5. The minimum absolute atomic E-state index is 0.0375. The second kappa shape index (κ2) is 11.2. The number of esters is 1. The summed E-state index contributed by atoms with van der Waals surface area (Å²) in [6.45, 7) is 0.337. The molecule has 1 fully saturated rings. The molecule has 0 radical (unpaired) electrons.